The minimum Gasteiger partial charge on any atom is -0.314 e. The molecule has 9 heteroatoms. The molecule has 4 N–H and O–H groups in total. The van der Waals surface area contributed by atoms with Crippen molar-refractivity contribution >= 4 is 10.4 Å². The summed E-state index contributed by atoms with van der Waals surface area (Å²) in [6, 6.07) is 0. The standard InChI is InChI=1S/2C6H14N2.H2O4S/c2*1-2-8-5-3-7-4-6-8;1-5(2,3)4/h2*7H,2-6H2,1H3;(H2,1,2,3,4). The molecule has 8 nitrogen and oxygen atoms in total. The Balaban J connectivity index is 0.000000296. The van der Waals surface area contributed by atoms with Crippen LogP contribution in [0.25, 0.3) is 0 Å². The van der Waals surface area contributed by atoms with Crippen molar-refractivity contribution in [1.82, 2.24) is 20.4 Å². The van der Waals surface area contributed by atoms with Gasteiger partial charge in [-0.3, -0.25) is 9.11 Å². The molecule has 2 aliphatic heterocycles. The maximum Gasteiger partial charge on any atom is 0.394 e. The van der Waals surface area contributed by atoms with Gasteiger partial charge in [0.25, 0.3) is 0 Å². The van der Waals surface area contributed by atoms with Gasteiger partial charge < -0.3 is 20.4 Å². The maximum absolute atomic E-state index is 8.74. The van der Waals surface area contributed by atoms with Crippen molar-refractivity contribution in [2.75, 3.05) is 65.4 Å². The normalized spacial score (nSPS) is 20.8. The summed E-state index contributed by atoms with van der Waals surface area (Å²) < 4.78 is 31.6. The Morgan fingerprint density at radius 3 is 1.19 bits per heavy atom. The average molecular weight is 326 g/mol. The first-order valence-electron chi connectivity index (χ1n) is 7.42. The van der Waals surface area contributed by atoms with Gasteiger partial charge in [0.05, 0.1) is 0 Å². The minimum absolute atomic E-state index is 1.17. The summed E-state index contributed by atoms with van der Waals surface area (Å²) in [4.78, 5) is 4.91. The van der Waals surface area contributed by atoms with E-state index in [4.69, 9.17) is 17.5 Å². The number of likely N-dealkylation sites (N-methyl/N-ethyl adjacent to an activating group) is 2. The lowest BCUT2D eigenvalue weighted by Crippen LogP contribution is -2.43. The smallest absolute Gasteiger partial charge is 0.314 e. The van der Waals surface area contributed by atoms with Crippen LogP contribution in [0, 0.1) is 0 Å². The molecule has 0 aromatic rings. The molecule has 2 aliphatic rings. The van der Waals surface area contributed by atoms with Crippen LogP contribution >= 0.6 is 0 Å². The molecule has 2 heterocycles. The zero-order chi connectivity index (χ0) is 16.1. The molecule has 0 aromatic carbocycles. The number of nitrogens with zero attached hydrogens (tertiary/aromatic N) is 2. The van der Waals surface area contributed by atoms with Crippen LogP contribution in [-0.2, 0) is 10.4 Å². The van der Waals surface area contributed by atoms with Crippen LogP contribution in [0.2, 0.25) is 0 Å². The fourth-order valence-corrected chi connectivity index (χ4v) is 2.05. The number of hydrogen-bond acceptors (Lipinski definition) is 6. The van der Waals surface area contributed by atoms with Crippen LogP contribution in [0.5, 0.6) is 0 Å². The number of hydrogen-bond donors (Lipinski definition) is 4. The Morgan fingerprint density at radius 1 is 0.810 bits per heavy atom. The number of nitrogens with one attached hydrogen (secondary N) is 2. The molecule has 0 bridgehead atoms. The summed E-state index contributed by atoms with van der Waals surface area (Å²) in [5.41, 5.74) is 0. The third-order valence-corrected chi connectivity index (χ3v) is 3.31. The highest BCUT2D eigenvalue weighted by atomic mass is 32.3. The molecule has 0 unspecified atom stereocenters. The van der Waals surface area contributed by atoms with Crippen LogP contribution < -0.4 is 10.6 Å². The molecule has 128 valence electrons. The molecule has 2 rings (SSSR count). The zero-order valence-corrected chi connectivity index (χ0v) is 13.9. The average Bonchev–Trinajstić information content (AvgIpc) is 2.48. The van der Waals surface area contributed by atoms with Gasteiger partial charge in [0.1, 0.15) is 0 Å². The predicted octanol–water partition coefficient (Wildman–Crippen LogP) is -0.830. The molecule has 0 aromatic heterocycles. The second-order valence-corrected chi connectivity index (χ2v) is 5.71. The fourth-order valence-electron chi connectivity index (χ4n) is 2.05. The highest BCUT2D eigenvalue weighted by Crippen LogP contribution is 1.89. The van der Waals surface area contributed by atoms with E-state index in [2.05, 4.69) is 34.3 Å². The van der Waals surface area contributed by atoms with Gasteiger partial charge in [0, 0.05) is 52.4 Å². The van der Waals surface area contributed by atoms with Gasteiger partial charge in [0.15, 0.2) is 0 Å². The molecular formula is C12H30N4O4S. The first-order valence-corrected chi connectivity index (χ1v) is 8.82. The van der Waals surface area contributed by atoms with Gasteiger partial charge in [-0.1, -0.05) is 13.8 Å². The van der Waals surface area contributed by atoms with Crippen molar-refractivity contribution in [3.8, 4) is 0 Å². The van der Waals surface area contributed by atoms with Crippen molar-refractivity contribution in [3.05, 3.63) is 0 Å². The second kappa shape index (κ2) is 12.3. The molecule has 21 heavy (non-hydrogen) atoms. The molecule has 0 atom stereocenters. The quantitative estimate of drug-likeness (QED) is 0.488. The Hall–Kier alpha value is -0.290. The zero-order valence-electron chi connectivity index (χ0n) is 13.1. The van der Waals surface area contributed by atoms with Gasteiger partial charge >= 0.3 is 10.4 Å². The highest BCUT2D eigenvalue weighted by Gasteiger charge is 2.05. The summed E-state index contributed by atoms with van der Waals surface area (Å²) in [6.07, 6.45) is 0. The molecular weight excluding hydrogens is 296 g/mol. The second-order valence-electron chi connectivity index (χ2n) is 4.82. The lowest BCUT2D eigenvalue weighted by Gasteiger charge is -2.25. The third-order valence-electron chi connectivity index (χ3n) is 3.31. The molecule has 0 saturated carbocycles. The lowest BCUT2D eigenvalue weighted by molar-refractivity contribution is 0.253. The third kappa shape index (κ3) is 15.9. The fraction of sp³-hybridized carbons (Fsp3) is 1.00. The minimum atomic E-state index is -4.67. The molecule has 0 spiro atoms. The van der Waals surface area contributed by atoms with E-state index in [1.807, 2.05) is 0 Å². The van der Waals surface area contributed by atoms with Crippen molar-refractivity contribution in [3.63, 3.8) is 0 Å². The van der Waals surface area contributed by atoms with Crippen molar-refractivity contribution in [2.24, 2.45) is 0 Å². The van der Waals surface area contributed by atoms with E-state index in [0.29, 0.717) is 0 Å². The Morgan fingerprint density at radius 2 is 1.05 bits per heavy atom. The first kappa shape index (κ1) is 20.7. The monoisotopic (exact) mass is 326 g/mol. The SMILES string of the molecule is CCN1CCNCC1.CCN1CCNCC1.O=S(=O)(O)O. The number of rotatable bonds is 2. The van der Waals surface area contributed by atoms with Crippen LogP contribution in [0.15, 0.2) is 0 Å². The highest BCUT2D eigenvalue weighted by molar-refractivity contribution is 7.79. The van der Waals surface area contributed by atoms with Crippen molar-refractivity contribution in [1.29, 1.82) is 0 Å². The van der Waals surface area contributed by atoms with Crippen LogP contribution in [0.3, 0.4) is 0 Å². The van der Waals surface area contributed by atoms with Gasteiger partial charge in [-0.05, 0) is 13.1 Å². The summed E-state index contributed by atoms with van der Waals surface area (Å²) >= 11 is 0. The summed E-state index contributed by atoms with van der Waals surface area (Å²) in [7, 11) is -4.67. The molecule has 0 aliphatic carbocycles. The van der Waals surface area contributed by atoms with Gasteiger partial charge in [-0.25, -0.2) is 0 Å². The summed E-state index contributed by atoms with van der Waals surface area (Å²) in [5, 5.41) is 6.61. The summed E-state index contributed by atoms with van der Waals surface area (Å²) in [5.74, 6) is 0. The van der Waals surface area contributed by atoms with E-state index < -0.39 is 10.4 Å². The maximum atomic E-state index is 8.74. The molecule has 0 radical (unpaired) electrons. The van der Waals surface area contributed by atoms with Gasteiger partial charge in [0.2, 0.25) is 0 Å². The molecule has 2 saturated heterocycles. The topological polar surface area (TPSA) is 105 Å². The van der Waals surface area contributed by atoms with E-state index in [0.717, 1.165) is 0 Å². The number of piperazine rings is 2. The Labute approximate surface area is 128 Å². The Kier molecular flexibility index (Phi) is 12.1. The van der Waals surface area contributed by atoms with E-state index in [9.17, 15) is 0 Å². The van der Waals surface area contributed by atoms with Crippen LogP contribution in [0.1, 0.15) is 13.8 Å². The van der Waals surface area contributed by atoms with Crippen molar-refractivity contribution in [2.45, 2.75) is 13.8 Å². The van der Waals surface area contributed by atoms with Crippen LogP contribution in [-0.4, -0.2) is 92.8 Å². The van der Waals surface area contributed by atoms with E-state index in [-0.39, 0.29) is 0 Å². The lowest BCUT2D eigenvalue weighted by atomic mass is 10.4. The largest absolute Gasteiger partial charge is 0.394 e. The Bertz CT molecular complexity index is 302. The molecule has 0 amide bonds. The van der Waals surface area contributed by atoms with E-state index in [1.54, 1.807) is 0 Å². The predicted molar refractivity (Wildman–Crippen MR) is 84.1 cm³/mol. The van der Waals surface area contributed by atoms with Crippen molar-refractivity contribution < 1.29 is 17.5 Å². The van der Waals surface area contributed by atoms with Gasteiger partial charge in [-0.2, -0.15) is 8.42 Å². The van der Waals surface area contributed by atoms with Crippen LogP contribution in [0.4, 0.5) is 0 Å². The van der Waals surface area contributed by atoms with Gasteiger partial charge in [-0.15, -0.1) is 0 Å². The summed E-state index contributed by atoms with van der Waals surface area (Å²) in [6.45, 7) is 16.5. The van der Waals surface area contributed by atoms with E-state index >= 15 is 0 Å². The molecule has 2 fully saturated rings. The first-order chi connectivity index (χ1) is 9.86. The van der Waals surface area contributed by atoms with E-state index in [1.165, 1.54) is 65.4 Å².